The van der Waals surface area contributed by atoms with Gasteiger partial charge in [-0.25, -0.2) is 0 Å². The van der Waals surface area contributed by atoms with Crippen molar-refractivity contribution in [2.24, 2.45) is 0 Å². The number of carbonyl (C=O) groups is 1. The van der Waals surface area contributed by atoms with Crippen molar-refractivity contribution < 1.29 is 4.79 Å². The third-order valence-electron chi connectivity index (χ3n) is 3.99. The van der Waals surface area contributed by atoms with E-state index in [2.05, 4.69) is 15.2 Å². The van der Waals surface area contributed by atoms with Gasteiger partial charge in [0.15, 0.2) is 0 Å². The molecule has 3 rings (SSSR count). The highest BCUT2D eigenvalue weighted by Crippen LogP contribution is 2.36. The first-order chi connectivity index (χ1) is 9.25. The van der Waals surface area contributed by atoms with Crippen LogP contribution in [0.4, 0.5) is 0 Å². The summed E-state index contributed by atoms with van der Waals surface area (Å²) in [4.78, 5) is 20.3. The van der Waals surface area contributed by atoms with Crippen molar-refractivity contribution in [1.29, 1.82) is 0 Å². The molecule has 0 radical (unpaired) electrons. The van der Waals surface area contributed by atoms with E-state index >= 15 is 0 Å². The smallest absolute Gasteiger partial charge is 0.248 e. The largest absolute Gasteiger partial charge is 0.316 e. The second-order valence-corrected chi connectivity index (χ2v) is 4.94. The number of amides is 1. The zero-order valence-corrected chi connectivity index (χ0v) is 11.0. The highest BCUT2D eigenvalue weighted by Gasteiger charge is 2.45. The number of nitrogens with one attached hydrogen (secondary N) is 1. The van der Waals surface area contributed by atoms with Crippen molar-refractivity contribution >= 4 is 5.91 Å². The van der Waals surface area contributed by atoms with Crippen LogP contribution in [-0.4, -0.2) is 53.9 Å². The molecule has 0 aliphatic carbocycles. The molecule has 1 atom stereocenters. The predicted octanol–water partition coefficient (Wildman–Crippen LogP) is 0.168. The summed E-state index contributed by atoms with van der Waals surface area (Å²) in [5, 5.41) is 3.35. The molecule has 0 spiro atoms. The normalized spacial score (nSPS) is 28.1. The van der Waals surface area contributed by atoms with Gasteiger partial charge in [-0.3, -0.25) is 14.7 Å². The summed E-state index contributed by atoms with van der Waals surface area (Å²) in [6, 6.07) is 3.96. The fourth-order valence-corrected chi connectivity index (χ4v) is 2.96. The first-order valence-electron chi connectivity index (χ1n) is 6.58. The van der Waals surface area contributed by atoms with Crippen molar-refractivity contribution in [3.8, 4) is 0 Å². The molecular weight excluding hydrogens is 240 g/mol. The van der Waals surface area contributed by atoms with E-state index in [9.17, 15) is 4.79 Å². The number of rotatable bonds is 2. The molecule has 5 heteroatoms. The predicted molar refractivity (Wildman–Crippen MR) is 72.3 cm³/mol. The number of hydrogen-bond donors (Lipinski definition) is 1. The Morgan fingerprint density at radius 3 is 2.74 bits per heavy atom. The Labute approximate surface area is 112 Å². The molecule has 3 heterocycles. The molecule has 19 heavy (non-hydrogen) atoms. The molecule has 1 aromatic rings. The molecule has 1 saturated heterocycles. The van der Waals surface area contributed by atoms with Gasteiger partial charge in [0, 0.05) is 57.3 Å². The van der Waals surface area contributed by atoms with Crippen LogP contribution in [0, 0.1) is 0 Å². The number of nitrogens with zero attached hydrogens (tertiary/aromatic N) is 3. The Bertz CT molecular complexity index is 495. The van der Waals surface area contributed by atoms with Crippen LogP contribution in [0.2, 0.25) is 0 Å². The van der Waals surface area contributed by atoms with Gasteiger partial charge < -0.3 is 10.2 Å². The first-order valence-corrected chi connectivity index (χ1v) is 6.58. The van der Waals surface area contributed by atoms with Gasteiger partial charge in [-0.2, -0.15) is 0 Å². The van der Waals surface area contributed by atoms with Crippen LogP contribution in [0.1, 0.15) is 5.56 Å². The zero-order chi connectivity index (χ0) is 13.3. The SMILES string of the molecule is CN1C(=O)C=CC1(c1cccnc1)N1CCNCC1. The van der Waals surface area contributed by atoms with Crippen LogP contribution in [0.3, 0.4) is 0 Å². The quantitative estimate of drug-likeness (QED) is 0.821. The summed E-state index contributed by atoms with van der Waals surface area (Å²) in [5.41, 5.74) is 0.564. The van der Waals surface area contributed by atoms with Crippen molar-refractivity contribution in [1.82, 2.24) is 20.1 Å². The third-order valence-corrected chi connectivity index (χ3v) is 3.99. The van der Waals surface area contributed by atoms with E-state index in [0.717, 1.165) is 31.7 Å². The summed E-state index contributed by atoms with van der Waals surface area (Å²) in [7, 11) is 1.86. The molecule has 1 amide bonds. The summed E-state index contributed by atoms with van der Waals surface area (Å²) in [6.45, 7) is 3.71. The van der Waals surface area contributed by atoms with Gasteiger partial charge in [0.05, 0.1) is 0 Å². The highest BCUT2D eigenvalue weighted by atomic mass is 16.2. The number of piperazine rings is 1. The molecule has 2 aliphatic heterocycles. The molecule has 1 aromatic heterocycles. The minimum atomic E-state index is -0.479. The van der Waals surface area contributed by atoms with Crippen LogP contribution in [0.5, 0.6) is 0 Å². The average Bonchev–Trinajstić information content (AvgIpc) is 2.78. The highest BCUT2D eigenvalue weighted by molar-refractivity contribution is 5.91. The molecule has 0 saturated carbocycles. The van der Waals surface area contributed by atoms with Gasteiger partial charge in [-0.05, 0) is 12.1 Å². The maximum atomic E-state index is 12.0. The number of likely N-dealkylation sites (N-methyl/N-ethyl adjacent to an activating group) is 1. The summed E-state index contributed by atoms with van der Waals surface area (Å²) < 4.78 is 0. The van der Waals surface area contributed by atoms with Gasteiger partial charge >= 0.3 is 0 Å². The Kier molecular flexibility index (Phi) is 3.08. The summed E-state index contributed by atoms with van der Waals surface area (Å²) in [5.74, 6) is 0.0439. The molecule has 100 valence electrons. The van der Waals surface area contributed by atoms with Crippen molar-refractivity contribution in [3.63, 3.8) is 0 Å². The Balaban J connectivity index is 2.06. The number of hydrogen-bond acceptors (Lipinski definition) is 4. The van der Waals surface area contributed by atoms with Gasteiger partial charge in [-0.1, -0.05) is 6.07 Å². The first kappa shape index (κ1) is 12.3. The zero-order valence-electron chi connectivity index (χ0n) is 11.0. The molecule has 1 unspecified atom stereocenters. The van der Waals surface area contributed by atoms with Gasteiger partial charge in [0.25, 0.3) is 0 Å². The van der Waals surface area contributed by atoms with E-state index < -0.39 is 5.66 Å². The van der Waals surface area contributed by atoms with Gasteiger partial charge in [0.1, 0.15) is 5.66 Å². The molecule has 0 bridgehead atoms. The summed E-state index contributed by atoms with van der Waals surface area (Å²) in [6.07, 6.45) is 7.27. The Morgan fingerprint density at radius 1 is 1.37 bits per heavy atom. The van der Waals surface area contributed by atoms with E-state index in [1.54, 1.807) is 17.2 Å². The van der Waals surface area contributed by atoms with Crippen LogP contribution in [0.15, 0.2) is 36.7 Å². The molecular formula is C14H18N4O. The van der Waals surface area contributed by atoms with E-state index in [-0.39, 0.29) is 5.91 Å². The second-order valence-electron chi connectivity index (χ2n) is 4.94. The van der Waals surface area contributed by atoms with E-state index in [1.165, 1.54) is 0 Å². The lowest BCUT2D eigenvalue weighted by Crippen LogP contribution is -2.59. The Hall–Kier alpha value is -1.72. The molecule has 2 aliphatic rings. The number of pyridine rings is 1. The Morgan fingerprint density at radius 2 is 2.16 bits per heavy atom. The van der Waals surface area contributed by atoms with Crippen molar-refractivity contribution in [2.45, 2.75) is 5.66 Å². The van der Waals surface area contributed by atoms with E-state index in [0.29, 0.717) is 0 Å². The maximum Gasteiger partial charge on any atom is 0.248 e. The van der Waals surface area contributed by atoms with Crippen LogP contribution >= 0.6 is 0 Å². The second kappa shape index (κ2) is 4.75. The lowest BCUT2D eigenvalue weighted by Gasteiger charge is -2.46. The number of carbonyl (C=O) groups excluding carboxylic acids is 1. The van der Waals surface area contributed by atoms with Gasteiger partial charge in [0.2, 0.25) is 5.91 Å². The third kappa shape index (κ3) is 1.86. The lowest BCUT2D eigenvalue weighted by molar-refractivity contribution is -0.133. The van der Waals surface area contributed by atoms with Gasteiger partial charge in [-0.15, -0.1) is 0 Å². The molecule has 5 nitrogen and oxygen atoms in total. The minimum absolute atomic E-state index is 0.0439. The lowest BCUT2D eigenvalue weighted by atomic mass is 9.98. The fourth-order valence-electron chi connectivity index (χ4n) is 2.96. The standard InChI is InChI=1S/C14H18N4O/c1-17-13(19)4-5-14(17,12-3-2-6-16-11-12)18-9-7-15-8-10-18/h2-6,11,15H,7-10H2,1H3. The summed E-state index contributed by atoms with van der Waals surface area (Å²) >= 11 is 0. The monoisotopic (exact) mass is 258 g/mol. The molecule has 1 N–H and O–H groups in total. The van der Waals surface area contributed by atoms with Crippen LogP contribution in [-0.2, 0) is 10.5 Å². The average molecular weight is 258 g/mol. The maximum absolute atomic E-state index is 12.0. The van der Waals surface area contributed by atoms with E-state index in [4.69, 9.17) is 0 Å². The van der Waals surface area contributed by atoms with Crippen LogP contribution < -0.4 is 5.32 Å². The van der Waals surface area contributed by atoms with E-state index in [1.807, 2.05) is 31.5 Å². The molecule has 0 aromatic carbocycles. The van der Waals surface area contributed by atoms with Crippen LogP contribution in [0.25, 0.3) is 0 Å². The topological polar surface area (TPSA) is 48.5 Å². The number of aromatic nitrogens is 1. The fraction of sp³-hybridized carbons (Fsp3) is 0.429. The minimum Gasteiger partial charge on any atom is -0.316 e. The molecule has 1 fully saturated rings. The van der Waals surface area contributed by atoms with Crippen molar-refractivity contribution in [3.05, 3.63) is 42.2 Å². The van der Waals surface area contributed by atoms with Crippen molar-refractivity contribution in [2.75, 3.05) is 33.2 Å².